The van der Waals surface area contributed by atoms with E-state index in [-0.39, 0.29) is 5.56 Å². The van der Waals surface area contributed by atoms with E-state index >= 15 is 0 Å². The molecule has 0 aliphatic rings. The van der Waals surface area contributed by atoms with Gasteiger partial charge in [-0.05, 0) is 0 Å². The van der Waals surface area contributed by atoms with Gasteiger partial charge < -0.3 is 10.8 Å². The number of aryl methyl sites for hydroxylation is 1. The van der Waals surface area contributed by atoms with Crippen LogP contribution in [0.15, 0.2) is 6.20 Å². The van der Waals surface area contributed by atoms with Crippen molar-refractivity contribution in [1.82, 2.24) is 9.78 Å². The number of nitrogens with two attached hydrogens (primary N) is 1. The second-order valence-corrected chi connectivity index (χ2v) is 4.60. The number of nitrogens with zero attached hydrogens (tertiary/aromatic N) is 2. The van der Waals surface area contributed by atoms with Crippen molar-refractivity contribution in [3.05, 3.63) is 17.5 Å². The molecule has 1 aromatic heterocycles. The van der Waals surface area contributed by atoms with Gasteiger partial charge in [-0.2, -0.15) is 18.3 Å². The van der Waals surface area contributed by atoms with Crippen LogP contribution in [0.4, 0.5) is 13.2 Å². The van der Waals surface area contributed by atoms with Crippen LogP contribution in [0.3, 0.4) is 0 Å². The molecule has 1 heterocycles. The van der Waals surface area contributed by atoms with E-state index in [9.17, 15) is 18.0 Å². The van der Waals surface area contributed by atoms with Gasteiger partial charge in [0.05, 0.1) is 0 Å². The molecule has 0 bridgehead atoms. The van der Waals surface area contributed by atoms with E-state index in [4.69, 9.17) is 10.8 Å². The largest absolute Gasteiger partial charge is 0.480 e. The fourth-order valence-corrected chi connectivity index (χ4v) is 1.65. The van der Waals surface area contributed by atoms with E-state index in [1.807, 2.05) is 0 Å². The maximum absolute atomic E-state index is 12.8. The zero-order valence-electron chi connectivity index (χ0n) is 10.1. The number of halogens is 3. The third-order valence-corrected chi connectivity index (χ3v) is 2.84. The van der Waals surface area contributed by atoms with Crippen molar-refractivity contribution in [2.75, 3.05) is 0 Å². The van der Waals surface area contributed by atoms with E-state index in [2.05, 4.69) is 5.10 Å². The van der Waals surface area contributed by atoms with Gasteiger partial charge in [0.1, 0.15) is 6.04 Å². The molecule has 102 valence electrons. The summed E-state index contributed by atoms with van der Waals surface area (Å²) in [4.78, 5) is 10.9. The minimum atomic E-state index is -4.65. The predicted octanol–water partition coefficient (Wildman–Crippen LogP) is 1.13. The molecule has 0 saturated heterocycles. The molecule has 18 heavy (non-hydrogen) atoms. The van der Waals surface area contributed by atoms with Crippen LogP contribution in [0, 0.1) is 0 Å². The van der Waals surface area contributed by atoms with Gasteiger partial charge in [0.25, 0.3) is 0 Å². The molecule has 0 aliphatic carbocycles. The number of hydrogen-bond acceptors (Lipinski definition) is 3. The molecule has 1 atom stereocenters. The quantitative estimate of drug-likeness (QED) is 0.858. The van der Waals surface area contributed by atoms with Crippen LogP contribution in [0.1, 0.15) is 25.1 Å². The highest BCUT2D eigenvalue weighted by molar-refractivity contribution is 5.75. The Balaban J connectivity index is 3.37. The molecule has 0 saturated carbocycles. The second-order valence-electron chi connectivity index (χ2n) is 4.60. The zero-order chi connectivity index (χ0) is 14.3. The van der Waals surface area contributed by atoms with Crippen LogP contribution in [0.2, 0.25) is 0 Å². The Bertz CT molecular complexity index is 465. The molecule has 1 aromatic rings. The minimum Gasteiger partial charge on any atom is -0.480 e. The Kier molecular flexibility index (Phi) is 3.44. The third-order valence-electron chi connectivity index (χ3n) is 2.84. The Hall–Kier alpha value is -1.57. The van der Waals surface area contributed by atoms with E-state index in [1.54, 1.807) is 0 Å². The van der Waals surface area contributed by atoms with Crippen LogP contribution in [-0.2, 0) is 23.4 Å². The smallest absolute Gasteiger partial charge is 0.435 e. The van der Waals surface area contributed by atoms with Gasteiger partial charge in [-0.15, -0.1) is 0 Å². The summed E-state index contributed by atoms with van der Waals surface area (Å²) in [6.45, 7) is 2.69. The number of aromatic nitrogens is 2. The normalized spacial score (nSPS) is 14.6. The lowest BCUT2D eigenvalue weighted by Crippen LogP contribution is -2.47. The number of carbonyl (C=O) groups is 1. The Morgan fingerprint density at radius 1 is 1.50 bits per heavy atom. The second kappa shape index (κ2) is 4.27. The Labute approximate surface area is 101 Å². The molecule has 0 spiro atoms. The summed E-state index contributed by atoms with van der Waals surface area (Å²) in [6, 6.07) is -1.46. The number of alkyl halides is 3. The predicted molar refractivity (Wildman–Crippen MR) is 56.8 cm³/mol. The van der Waals surface area contributed by atoms with Gasteiger partial charge in [-0.25, -0.2) is 0 Å². The molecule has 0 amide bonds. The van der Waals surface area contributed by atoms with Crippen LogP contribution in [0.5, 0.6) is 0 Å². The maximum atomic E-state index is 12.8. The molecule has 0 radical (unpaired) electrons. The van der Waals surface area contributed by atoms with Crippen molar-refractivity contribution in [2.24, 2.45) is 12.8 Å². The van der Waals surface area contributed by atoms with Crippen LogP contribution in [0.25, 0.3) is 0 Å². The maximum Gasteiger partial charge on any atom is 0.435 e. The first-order valence-electron chi connectivity index (χ1n) is 5.07. The number of carboxylic acids is 1. The first-order valence-corrected chi connectivity index (χ1v) is 5.07. The van der Waals surface area contributed by atoms with Gasteiger partial charge in [-0.3, -0.25) is 9.48 Å². The molecule has 3 N–H and O–H groups in total. The standard InChI is InChI=1S/C10H14F3N3O2/c1-9(2,6(14)8(17)18)5-4-16(3)15-7(5)10(11,12)13/h4,6H,14H2,1-3H3,(H,17,18). The summed E-state index contributed by atoms with van der Waals surface area (Å²) < 4.78 is 39.4. The highest BCUT2D eigenvalue weighted by Crippen LogP contribution is 2.37. The van der Waals surface area contributed by atoms with Crippen molar-refractivity contribution in [1.29, 1.82) is 0 Å². The summed E-state index contributed by atoms with van der Waals surface area (Å²) in [5.74, 6) is -1.36. The van der Waals surface area contributed by atoms with E-state index < -0.39 is 29.3 Å². The SMILES string of the molecule is Cn1cc(C(C)(C)C(N)C(=O)O)c(C(F)(F)F)n1. The molecular formula is C10H14F3N3O2. The molecular weight excluding hydrogens is 251 g/mol. The molecule has 8 heteroatoms. The first-order chi connectivity index (χ1) is 7.98. The summed E-state index contributed by atoms with van der Waals surface area (Å²) in [5.41, 5.74) is 2.73. The third kappa shape index (κ3) is 2.47. The fraction of sp³-hybridized carbons (Fsp3) is 0.600. The number of rotatable bonds is 3. The highest BCUT2D eigenvalue weighted by atomic mass is 19.4. The Morgan fingerprint density at radius 3 is 2.39 bits per heavy atom. The van der Waals surface area contributed by atoms with Gasteiger partial charge in [-0.1, -0.05) is 13.8 Å². The van der Waals surface area contributed by atoms with Gasteiger partial charge in [0.15, 0.2) is 5.69 Å². The van der Waals surface area contributed by atoms with Crippen LogP contribution >= 0.6 is 0 Å². The molecule has 0 aliphatic heterocycles. The lowest BCUT2D eigenvalue weighted by Gasteiger charge is -2.28. The summed E-state index contributed by atoms with van der Waals surface area (Å²) in [5, 5.41) is 12.2. The van der Waals surface area contributed by atoms with Gasteiger partial charge in [0.2, 0.25) is 0 Å². The molecule has 0 aromatic carbocycles. The fourth-order valence-electron chi connectivity index (χ4n) is 1.65. The molecule has 5 nitrogen and oxygen atoms in total. The topological polar surface area (TPSA) is 81.1 Å². The summed E-state index contributed by atoms with van der Waals surface area (Å²) in [7, 11) is 1.33. The minimum absolute atomic E-state index is 0.229. The molecule has 1 rings (SSSR count). The van der Waals surface area contributed by atoms with E-state index in [0.29, 0.717) is 0 Å². The van der Waals surface area contributed by atoms with E-state index in [0.717, 1.165) is 10.9 Å². The summed E-state index contributed by atoms with van der Waals surface area (Å²) >= 11 is 0. The highest BCUT2D eigenvalue weighted by Gasteiger charge is 2.44. The van der Waals surface area contributed by atoms with E-state index in [1.165, 1.54) is 20.9 Å². The van der Waals surface area contributed by atoms with Gasteiger partial charge >= 0.3 is 12.1 Å². The average molecular weight is 265 g/mol. The van der Waals surface area contributed by atoms with Crippen molar-refractivity contribution in [3.63, 3.8) is 0 Å². The first kappa shape index (κ1) is 14.5. The Morgan fingerprint density at radius 2 is 2.00 bits per heavy atom. The van der Waals surface area contributed by atoms with Crippen LogP contribution < -0.4 is 5.73 Å². The number of aliphatic carboxylic acids is 1. The lowest BCUT2D eigenvalue weighted by molar-refractivity contribution is -0.144. The van der Waals surface area contributed by atoms with Crippen molar-refractivity contribution in [2.45, 2.75) is 31.5 Å². The molecule has 1 unspecified atom stereocenters. The van der Waals surface area contributed by atoms with Crippen molar-refractivity contribution >= 4 is 5.97 Å². The number of carboxylic acid groups (broad SMARTS) is 1. The van der Waals surface area contributed by atoms with Gasteiger partial charge in [0, 0.05) is 24.2 Å². The summed E-state index contributed by atoms with van der Waals surface area (Å²) in [6.07, 6.45) is -3.50. The number of hydrogen-bond donors (Lipinski definition) is 2. The van der Waals surface area contributed by atoms with Crippen LogP contribution in [-0.4, -0.2) is 26.9 Å². The zero-order valence-corrected chi connectivity index (χ0v) is 10.1. The molecule has 0 fully saturated rings. The lowest BCUT2D eigenvalue weighted by atomic mass is 9.78. The van der Waals surface area contributed by atoms with Crippen molar-refractivity contribution < 1.29 is 23.1 Å². The average Bonchev–Trinajstić information content (AvgIpc) is 2.59. The van der Waals surface area contributed by atoms with Crippen molar-refractivity contribution in [3.8, 4) is 0 Å². The monoisotopic (exact) mass is 265 g/mol.